The van der Waals surface area contributed by atoms with Gasteiger partial charge in [0.2, 0.25) is 5.88 Å². The van der Waals surface area contributed by atoms with E-state index in [0.717, 1.165) is 11.1 Å². The van der Waals surface area contributed by atoms with E-state index in [1.54, 1.807) is 36.7 Å². The molecule has 0 atom stereocenters. The predicted molar refractivity (Wildman–Crippen MR) is 73.7 cm³/mol. The summed E-state index contributed by atoms with van der Waals surface area (Å²) in [7, 11) is 0. The van der Waals surface area contributed by atoms with E-state index < -0.39 is 0 Å². The molecule has 0 unspecified atom stereocenters. The molecule has 2 rings (SSSR count). The first-order chi connectivity index (χ1) is 9.24. The SMILES string of the molecule is C=Cc1cccc(OC#N)c1COc1ccn(S)n1. The molecule has 6 heteroatoms. The maximum Gasteiger partial charge on any atom is 0.292 e. The van der Waals surface area contributed by atoms with Gasteiger partial charge >= 0.3 is 0 Å². The monoisotopic (exact) mass is 273 g/mol. The van der Waals surface area contributed by atoms with Crippen LogP contribution < -0.4 is 9.47 Å². The number of nitriles is 1. The van der Waals surface area contributed by atoms with Crippen LogP contribution >= 0.6 is 12.8 Å². The highest BCUT2D eigenvalue weighted by Gasteiger charge is 2.10. The number of hydrogen-bond donors (Lipinski definition) is 1. The number of thiol groups is 1. The lowest BCUT2D eigenvalue weighted by molar-refractivity contribution is 0.288. The Hall–Kier alpha value is -2.39. The molecule has 0 spiro atoms. The van der Waals surface area contributed by atoms with Crippen molar-refractivity contribution in [3.8, 4) is 17.9 Å². The molecule has 1 heterocycles. The third-order valence-corrected chi connectivity index (χ3v) is 2.68. The van der Waals surface area contributed by atoms with Crippen molar-refractivity contribution in [1.82, 2.24) is 9.19 Å². The molecular formula is C13H11N3O2S. The Bertz CT molecular complexity index is 631. The van der Waals surface area contributed by atoms with Gasteiger partial charge in [-0.05, 0) is 24.4 Å². The van der Waals surface area contributed by atoms with Crippen molar-refractivity contribution >= 4 is 18.9 Å². The van der Waals surface area contributed by atoms with Crippen molar-refractivity contribution in [2.75, 3.05) is 0 Å². The second-order valence-corrected chi connectivity index (χ2v) is 3.99. The summed E-state index contributed by atoms with van der Waals surface area (Å²) in [4.78, 5) is 0. The molecule has 0 saturated carbocycles. The zero-order chi connectivity index (χ0) is 13.7. The molecule has 0 N–H and O–H groups in total. The molecule has 0 aliphatic rings. The van der Waals surface area contributed by atoms with Gasteiger partial charge in [-0.2, -0.15) is 0 Å². The molecule has 2 aromatic rings. The molecule has 0 aliphatic carbocycles. The van der Waals surface area contributed by atoms with E-state index in [4.69, 9.17) is 14.7 Å². The summed E-state index contributed by atoms with van der Waals surface area (Å²) in [6.45, 7) is 3.95. The molecular weight excluding hydrogens is 262 g/mol. The highest BCUT2D eigenvalue weighted by molar-refractivity contribution is 7.78. The van der Waals surface area contributed by atoms with E-state index in [9.17, 15) is 0 Å². The molecule has 0 bridgehead atoms. The van der Waals surface area contributed by atoms with Gasteiger partial charge in [-0.3, -0.25) is 0 Å². The minimum absolute atomic E-state index is 0.226. The Morgan fingerprint density at radius 1 is 1.47 bits per heavy atom. The fourth-order valence-electron chi connectivity index (χ4n) is 1.59. The van der Waals surface area contributed by atoms with Crippen LogP contribution in [-0.2, 0) is 6.61 Å². The van der Waals surface area contributed by atoms with Crippen LogP contribution in [0.5, 0.6) is 11.6 Å². The van der Waals surface area contributed by atoms with Gasteiger partial charge in [0.05, 0.1) is 0 Å². The first-order valence-electron chi connectivity index (χ1n) is 5.42. The van der Waals surface area contributed by atoms with Crippen molar-refractivity contribution < 1.29 is 9.47 Å². The minimum Gasteiger partial charge on any atom is -0.472 e. The molecule has 0 fully saturated rings. The average molecular weight is 273 g/mol. The molecule has 5 nitrogen and oxygen atoms in total. The van der Waals surface area contributed by atoms with Gasteiger partial charge in [-0.25, -0.2) is 4.09 Å². The molecule has 1 aromatic heterocycles. The third kappa shape index (κ3) is 3.09. The van der Waals surface area contributed by atoms with Crippen molar-refractivity contribution in [3.05, 3.63) is 48.2 Å². The zero-order valence-electron chi connectivity index (χ0n) is 9.98. The van der Waals surface area contributed by atoms with E-state index in [2.05, 4.69) is 24.5 Å². The first kappa shape index (κ1) is 13.1. The fraction of sp³-hybridized carbons (Fsp3) is 0.0769. The van der Waals surface area contributed by atoms with Crippen molar-refractivity contribution in [1.29, 1.82) is 5.26 Å². The average Bonchev–Trinajstić information content (AvgIpc) is 2.83. The normalized spacial score (nSPS) is 9.68. The number of benzene rings is 1. The second kappa shape index (κ2) is 5.98. The van der Waals surface area contributed by atoms with Crippen LogP contribution in [0.3, 0.4) is 0 Å². The molecule has 19 heavy (non-hydrogen) atoms. The minimum atomic E-state index is 0.226. The summed E-state index contributed by atoms with van der Waals surface area (Å²) in [6.07, 6.45) is 4.99. The lowest BCUT2D eigenvalue weighted by Gasteiger charge is -2.10. The first-order valence-corrected chi connectivity index (χ1v) is 5.82. The highest BCUT2D eigenvalue weighted by atomic mass is 32.1. The maximum atomic E-state index is 8.63. The molecule has 0 aliphatic heterocycles. The Morgan fingerprint density at radius 3 is 2.95 bits per heavy atom. The molecule has 96 valence electrons. The predicted octanol–water partition coefficient (Wildman–Crippen LogP) is 2.66. The van der Waals surface area contributed by atoms with Crippen LogP contribution in [0.1, 0.15) is 11.1 Å². The quantitative estimate of drug-likeness (QED) is 0.672. The van der Waals surface area contributed by atoms with Crippen molar-refractivity contribution in [3.63, 3.8) is 0 Å². The van der Waals surface area contributed by atoms with Crippen LogP contribution in [0.25, 0.3) is 6.08 Å². The number of aromatic nitrogens is 2. The second-order valence-electron chi connectivity index (χ2n) is 3.58. The van der Waals surface area contributed by atoms with E-state index in [1.807, 2.05) is 6.07 Å². The largest absolute Gasteiger partial charge is 0.472 e. The summed E-state index contributed by atoms with van der Waals surface area (Å²) in [5.74, 6) is 0.891. The van der Waals surface area contributed by atoms with Crippen molar-refractivity contribution in [2.45, 2.75) is 6.61 Å². The smallest absolute Gasteiger partial charge is 0.292 e. The maximum absolute atomic E-state index is 8.63. The van der Waals surface area contributed by atoms with Crippen LogP contribution in [0.4, 0.5) is 0 Å². The van der Waals surface area contributed by atoms with Gasteiger partial charge in [0, 0.05) is 17.8 Å². The van der Waals surface area contributed by atoms with Crippen molar-refractivity contribution in [2.24, 2.45) is 0 Å². The van der Waals surface area contributed by atoms with Gasteiger partial charge in [0.15, 0.2) is 0 Å². The molecule has 0 amide bonds. The van der Waals surface area contributed by atoms with Gasteiger partial charge in [-0.1, -0.05) is 24.8 Å². The van der Waals surface area contributed by atoms with Gasteiger partial charge in [0.25, 0.3) is 6.26 Å². The lowest BCUT2D eigenvalue weighted by atomic mass is 10.1. The Labute approximate surface area is 116 Å². The van der Waals surface area contributed by atoms with Gasteiger partial charge in [0.1, 0.15) is 12.4 Å². The summed E-state index contributed by atoms with van der Waals surface area (Å²) >= 11 is 4.02. The van der Waals surface area contributed by atoms with Crippen LogP contribution in [0.2, 0.25) is 0 Å². The molecule has 0 radical (unpaired) electrons. The van der Waals surface area contributed by atoms with Crippen LogP contribution in [0.15, 0.2) is 37.0 Å². The van der Waals surface area contributed by atoms with E-state index in [0.29, 0.717) is 11.6 Å². The van der Waals surface area contributed by atoms with E-state index >= 15 is 0 Å². The fourth-order valence-corrected chi connectivity index (χ4v) is 1.75. The molecule has 0 saturated heterocycles. The van der Waals surface area contributed by atoms with E-state index in [-0.39, 0.29) is 6.61 Å². The van der Waals surface area contributed by atoms with Crippen LogP contribution in [-0.4, -0.2) is 9.19 Å². The lowest BCUT2D eigenvalue weighted by Crippen LogP contribution is -2.01. The van der Waals surface area contributed by atoms with Crippen LogP contribution in [0, 0.1) is 11.5 Å². The number of nitrogens with zero attached hydrogens (tertiary/aromatic N) is 3. The number of rotatable bonds is 5. The number of hydrogen-bond acceptors (Lipinski definition) is 5. The summed E-state index contributed by atoms with van der Waals surface area (Å²) in [5.41, 5.74) is 1.59. The van der Waals surface area contributed by atoms with E-state index in [1.165, 1.54) is 4.09 Å². The van der Waals surface area contributed by atoms with Gasteiger partial charge in [-0.15, -0.1) is 10.4 Å². The highest BCUT2D eigenvalue weighted by Crippen LogP contribution is 2.25. The van der Waals surface area contributed by atoms with Gasteiger partial charge < -0.3 is 9.47 Å². The Kier molecular flexibility index (Phi) is 4.11. The molecule has 1 aromatic carbocycles. The Balaban J connectivity index is 2.22. The Morgan fingerprint density at radius 2 is 2.32 bits per heavy atom. The number of ether oxygens (including phenoxy) is 2. The summed E-state index contributed by atoms with van der Waals surface area (Å²) < 4.78 is 11.8. The zero-order valence-corrected chi connectivity index (χ0v) is 10.9. The summed E-state index contributed by atoms with van der Waals surface area (Å²) in [6, 6.07) is 7.04. The third-order valence-electron chi connectivity index (χ3n) is 2.46. The summed E-state index contributed by atoms with van der Waals surface area (Å²) in [5, 5.41) is 12.6. The standard InChI is InChI=1S/C13H11N3O2S/c1-2-10-4-3-5-12(18-9-14)11(10)8-17-13-6-7-16(19)15-13/h2-7,19H,1,8H2. The topological polar surface area (TPSA) is 60.1 Å².